The first-order valence-electron chi connectivity index (χ1n) is 6.17. The van der Waals surface area contributed by atoms with Gasteiger partial charge in [-0.15, -0.1) is 0 Å². The van der Waals surface area contributed by atoms with Crippen LogP contribution in [0.4, 0.5) is 4.79 Å². The minimum Gasteiger partial charge on any atom is -0.429 e. The van der Waals surface area contributed by atoms with Gasteiger partial charge in [0.05, 0.1) is 6.26 Å². The average Bonchev–Trinajstić information content (AvgIpc) is 2.76. The summed E-state index contributed by atoms with van der Waals surface area (Å²) in [5.41, 5.74) is -0.696. The molecule has 0 aromatic carbocycles. The van der Waals surface area contributed by atoms with Crippen molar-refractivity contribution in [3.8, 4) is 0 Å². The Labute approximate surface area is 118 Å². The van der Waals surface area contributed by atoms with Gasteiger partial charge in [-0.25, -0.2) is 4.79 Å². The van der Waals surface area contributed by atoms with Gasteiger partial charge in [0.1, 0.15) is 23.9 Å². The van der Waals surface area contributed by atoms with Gasteiger partial charge in [0.15, 0.2) is 6.10 Å². The second-order valence-electron chi connectivity index (χ2n) is 5.76. The summed E-state index contributed by atoms with van der Waals surface area (Å²) in [6, 6.07) is 0. The van der Waals surface area contributed by atoms with Crippen LogP contribution in [0, 0.1) is 0 Å². The van der Waals surface area contributed by atoms with E-state index in [-0.39, 0.29) is 0 Å². The molecular weight excluding hydrogens is 288 g/mol. The second-order valence-corrected chi connectivity index (χ2v) is 7.36. The lowest BCUT2D eigenvalue weighted by atomic mass is 10.0. The highest BCUT2D eigenvalue weighted by molar-refractivity contribution is 7.86. The topological polar surface area (TPSA) is 88.1 Å². The summed E-state index contributed by atoms with van der Waals surface area (Å²) in [6.07, 6.45) is 0.683. The Balaban J connectivity index is 2.05. The molecule has 7 nitrogen and oxygen atoms in total. The molecule has 0 saturated carbocycles. The molecule has 0 aromatic heterocycles. The summed E-state index contributed by atoms with van der Waals surface area (Å²) in [4.78, 5) is 11.7. The number of hydrogen-bond donors (Lipinski definition) is 0. The third-order valence-electron chi connectivity index (χ3n) is 2.68. The minimum atomic E-state index is -3.68. The normalized spacial score (nSPS) is 32.4. The Hall–Kier alpha value is -1.12. The van der Waals surface area contributed by atoms with E-state index in [1.54, 1.807) is 32.9 Å². The van der Waals surface area contributed by atoms with Gasteiger partial charge in [0.2, 0.25) is 0 Å². The monoisotopic (exact) mass is 306 g/mol. The number of hydrogen-bond acceptors (Lipinski definition) is 7. The first-order chi connectivity index (χ1) is 9.05. The molecule has 2 heterocycles. The molecule has 0 aromatic rings. The Morgan fingerprint density at radius 2 is 1.70 bits per heavy atom. The van der Waals surface area contributed by atoms with E-state index >= 15 is 0 Å². The fraction of sp³-hybridized carbons (Fsp3) is 0.750. The van der Waals surface area contributed by atoms with Crippen molar-refractivity contribution in [3.05, 3.63) is 12.2 Å². The molecule has 114 valence electrons. The van der Waals surface area contributed by atoms with Crippen LogP contribution in [0.2, 0.25) is 0 Å². The van der Waals surface area contributed by atoms with Crippen LogP contribution in [0.5, 0.6) is 0 Å². The van der Waals surface area contributed by atoms with Crippen molar-refractivity contribution in [1.82, 2.24) is 0 Å². The summed E-state index contributed by atoms with van der Waals surface area (Å²) in [7, 11) is -3.68. The average molecular weight is 306 g/mol. The van der Waals surface area contributed by atoms with E-state index in [4.69, 9.17) is 18.4 Å². The molecule has 4 atom stereocenters. The molecule has 2 aliphatic rings. The number of ether oxygens (including phenoxy) is 3. The zero-order chi connectivity index (χ0) is 15.1. The van der Waals surface area contributed by atoms with Crippen molar-refractivity contribution < 1.29 is 31.6 Å². The predicted octanol–water partition coefficient (Wildman–Crippen LogP) is 0.989. The maximum atomic E-state index is 11.7. The lowest BCUT2D eigenvalue weighted by Crippen LogP contribution is -2.42. The molecule has 20 heavy (non-hydrogen) atoms. The molecule has 1 saturated heterocycles. The highest BCUT2D eigenvalue weighted by Gasteiger charge is 2.51. The Morgan fingerprint density at radius 1 is 1.15 bits per heavy atom. The van der Waals surface area contributed by atoms with Crippen LogP contribution >= 0.6 is 0 Å². The van der Waals surface area contributed by atoms with Crippen LogP contribution in [0.25, 0.3) is 0 Å². The third-order valence-corrected chi connectivity index (χ3v) is 3.26. The van der Waals surface area contributed by atoms with E-state index in [1.807, 2.05) is 0 Å². The fourth-order valence-electron chi connectivity index (χ4n) is 2.07. The van der Waals surface area contributed by atoms with E-state index in [2.05, 4.69) is 0 Å². The molecule has 2 rings (SSSR count). The summed E-state index contributed by atoms with van der Waals surface area (Å²) >= 11 is 0. The van der Waals surface area contributed by atoms with Crippen molar-refractivity contribution in [2.24, 2.45) is 0 Å². The lowest BCUT2D eigenvalue weighted by Gasteiger charge is -2.26. The Bertz CT molecular complexity index is 516. The van der Waals surface area contributed by atoms with Crippen molar-refractivity contribution in [2.75, 3.05) is 6.26 Å². The predicted molar refractivity (Wildman–Crippen MR) is 68.6 cm³/mol. The number of carbonyl (C=O) groups excluding carboxylic acids is 1. The summed E-state index contributed by atoms with van der Waals surface area (Å²) in [5, 5.41) is 0. The van der Waals surface area contributed by atoms with E-state index in [0.717, 1.165) is 6.26 Å². The van der Waals surface area contributed by atoms with Gasteiger partial charge >= 0.3 is 6.16 Å². The molecule has 4 unspecified atom stereocenters. The minimum absolute atomic E-state index is 0.515. The van der Waals surface area contributed by atoms with Crippen LogP contribution < -0.4 is 0 Å². The first-order valence-corrected chi connectivity index (χ1v) is 7.98. The zero-order valence-electron chi connectivity index (χ0n) is 11.7. The van der Waals surface area contributed by atoms with Crippen LogP contribution in [0.15, 0.2) is 12.2 Å². The summed E-state index contributed by atoms with van der Waals surface area (Å²) < 4.78 is 43.1. The fourth-order valence-corrected chi connectivity index (χ4v) is 2.69. The summed E-state index contributed by atoms with van der Waals surface area (Å²) in [6.45, 7) is 5.11. The number of rotatable bonds is 3. The molecule has 2 bridgehead atoms. The molecule has 0 N–H and O–H groups in total. The maximum absolute atomic E-state index is 11.7. The molecule has 0 spiro atoms. The van der Waals surface area contributed by atoms with Gasteiger partial charge < -0.3 is 14.2 Å². The van der Waals surface area contributed by atoms with E-state index < -0.39 is 46.3 Å². The molecule has 0 radical (unpaired) electrons. The molecular formula is C12H18O7S. The third kappa shape index (κ3) is 3.71. The highest BCUT2D eigenvalue weighted by atomic mass is 32.2. The van der Waals surface area contributed by atoms with Gasteiger partial charge in [0.25, 0.3) is 10.1 Å². The summed E-state index contributed by atoms with van der Waals surface area (Å²) in [5.74, 6) is 0. The van der Waals surface area contributed by atoms with Gasteiger partial charge in [-0.1, -0.05) is 12.2 Å². The van der Waals surface area contributed by atoms with Crippen LogP contribution in [0.1, 0.15) is 20.8 Å². The van der Waals surface area contributed by atoms with E-state index in [1.165, 1.54) is 0 Å². The number of fused-ring (bicyclic) bond motifs is 2. The van der Waals surface area contributed by atoms with Crippen LogP contribution in [0.3, 0.4) is 0 Å². The zero-order valence-corrected chi connectivity index (χ0v) is 12.5. The van der Waals surface area contributed by atoms with Crippen molar-refractivity contribution >= 4 is 16.3 Å². The Kier molecular flexibility index (Phi) is 3.83. The smallest absolute Gasteiger partial charge is 0.429 e. The van der Waals surface area contributed by atoms with E-state index in [9.17, 15) is 13.2 Å². The standard InChI is InChI=1S/C12H18O7S/c1-12(2,3)18-11(13)17-9-7-5-6-8(16-7)10(9)19-20(4,14)15/h5-10H,1-4H3. The quantitative estimate of drug-likeness (QED) is 0.436. The van der Waals surface area contributed by atoms with Gasteiger partial charge in [0, 0.05) is 0 Å². The SMILES string of the molecule is CC(C)(C)OC(=O)OC1C2C=CC(O2)C1OS(C)(=O)=O. The van der Waals surface area contributed by atoms with Gasteiger partial charge in [-0.2, -0.15) is 8.42 Å². The molecule has 1 fully saturated rings. The molecule has 0 amide bonds. The largest absolute Gasteiger partial charge is 0.509 e. The van der Waals surface area contributed by atoms with Crippen molar-refractivity contribution in [2.45, 2.75) is 50.8 Å². The van der Waals surface area contributed by atoms with Crippen LogP contribution in [-0.4, -0.2) is 50.8 Å². The van der Waals surface area contributed by atoms with Crippen LogP contribution in [-0.2, 0) is 28.5 Å². The first kappa shape index (κ1) is 15.3. The molecule has 0 aliphatic carbocycles. The van der Waals surface area contributed by atoms with Crippen molar-refractivity contribution in [3.63, 3.8) is 0 Å². The van der Waals surface area contributed by atoms with Crippen molar-refractivity contribution in [1.29, 1.82) is 0 Å². The second kappa shape index (κ2) is 5.01. The van der Waals surface area contributed by atoms with E-state index in [0.29, 0.717) is 0 Å². The Morgan fingerprint density at radius 3 is 2.20 bits per heavy atom. The molecule has 8 heteroatoms. The highest BCUT2D eigenvalue weighted by Crippen LogP contribution is 2.34. The maximum Gasteiger partial charge on any atom is 0.509 e. The van der Waals surface area contributed by atoms with Gasteiger partial charge in [-0.05, 0) is 20.8 Å². The molecule has 2 aliphatic heterocycles. The van der Waals surface area contributed by atoms with Gasteiger partial charge in [-0.3, -0.25) is 4.18 Å². The lowest BCUT2D eigenvalue weighted by molar-refractivity contribution is -0.0501. The number of carbonyl (C=O) groups is 1.